The summed E-state index contributed by atoms with van der Waals surface area (Å²) in [4.78, 5) is 25.6. The van der Waals surface area contributed by atoms with Crippen molar-refractivity contribution in [3.05, 3.63) is 86.5 Å². The maximum Gasteiger partial charge on any atom is 0.273 e. The fraction of sp³-hybridized carbons (Fsp3) is 0.0909. The molecule has 0 radical (unpaired) electrons. The van der Waals surface area contributed by atoms with Crippen molar-refractivity contribution in [1.82, 2.24) is 0 Å². The number of hydrogen-bond acceptors (Lipinski definition) is 6. The van der Waals surface area contributed by atoms with Gasteiger partial charge in [-0.15, -0.1) is 0 Å². The first-order valence-corrected chi connectivity index (χ1v) is 10.3. The Morgan fingerprint density at radius 3 is 2.67 bits per heavy atom. The average molecular weight is 437 g/mol. The number of nitro benzene ring substituents is 1. The van der Waals surface area contributed by atoms with Crippen LogP contribution in [0.5, 0.6) is 0 Å². The summed E-state index contributed by atoms with van der Waals surface area (Å²) in [5, 5.41) is 11.2. The number of anilines is 1. The first-order valence-electron chi connectivity index (χ1n) is 9.03. The van der Waals surface area contributed by atoms with Crippen molar-refractivity contribution in [3.63, 3.8) is 0 Å². The van der Waals surface area contributed by atoms with Crippen LogP contribution >= 0.6 is 24.0 Å². The second kappa shape index (κ2) is 7.89. The molecule has 0 spiro atoms. The Balaban J connectivity index is 1.62. The summed E-state index contributed by atoms with van der Waals surface area (Å²) in [6.45, 7) is 3.64. The number of benzene rings is 2. The molecule has 0 aliphatic carbocycles. The highest BCUT2D eigenvalue weighted by atomic mass is 32.2. The van der Waals surface area contributed by atoms with Crippen LogP contribution in [0.3, 0.4) is 0 Å². The molecule has 1 fully saturated rings. The van der Waals surface area contributed by atoms with Crippen molar-refractivity contribution in [2.24, 2.45) is 0 Å². The lowest BCUT2D eigenvalue weighted by molar-refractivity contribution is -0.385. The third-order valence-corrected chi connectivity index (χ3v) is 5.95. The second-order valence-electron chi connectivity index (χ2n) is 6.82. The highest BCUT2D eigenvalue weighted by molar-refractivity contribution is 8.27. The van der Waals surface area contributed by atoms with Crippen molar-refractivity contribution in [3.8, 4) is 11.3 Å². The predicted molar refractivity (Wildman–Crippen MR) is 122 cm³/mol. The van der Waals surface area contributed by atoms with Gasteiger partial charge in [0.15, 0.2) is 4.32 Å². The Kier molecular flexibility index (Phi) is 5.27. The summed E-state index contributed by atoms with van der Waals surface area (Å²) in [6, 6.07) is 16.0. The molecule has 1 aliphatic heterocycles. The molecule has 30 heavy (non-hydrogen) atoms. The molecule has 0 saturated carbocycles. The molecule has 4 rings (SSSR count). The van der Waals surface area contributed by atoms with E-state index in [1.807, 2.05) is 31.2 Å². The predicted octanol–water partition coefficient (Wildman–Crippen LogP) is 5.88. The minimum Gasteiger partial charge on any atom is -0.457 e. The van der Waals surface area contributed by atoms with Crippen LogP contribution in [0, 0.1) is 24.0 Å². The van der Waals surface area contributed by atoms with E-state index in [1.54, 1.807) is 37.3 Å². The average Bonchev–Trinajstić information content (AvgIpc) is 3.26. The van der Waals surface area contributed by atoms with Gasteiger partial charge < -0.3 is 4.42 Å². The Labute approximate surface area is 182 Å². The third-order valence-electron chi connectivity index (χ3n) is 4.64. The van der Waals surface area contributed by atoms with Crippen LogP contribution in [0.4, 0.5) is 11.4 Å². The molecule has 3 aromatic rings. The number of rotatable bonds is 4. The molecule has 0 bridgehead atoms. The van der Waals surface area contributed by atoms with Gasteiger partial charge in [-0.3, -0.25) is 19.8 Å². The second-order valence-corrected chi connectivity index (χ2v) is 8.49. The van der Waals surface area contributed by atoms with Crippen molar-refractivity contribution in [2.75, 3.05) is 4.90 Å². The highest BCUT2D eigenvalue weighted by Gasteiger charge is 2.33. The summed E-state index contributed by atoms with van der Waals surface area (Å²) < 4.78 is 6.28. The minimum atomic E-state index is -0.417. The van der Waals surface area contributed by atoms with E-state index in [4.69, 9.17) is 16.6 Å². The van der Waals surface area contributed by atoms with Gasteiger partial charge in [-0.2, -0.15) is 0 Å². The molecule has 6 nitrogen and oxygen atoms in total. The number of nitro groups is 1. The van der Waals surface area contributed by atoms with E-state index in [1.165, 1.54) is 22.7 Å². The topological polar surface area (TPSA) is 76.6 Å². The van der Waals surface area contributed by atoms with Gasteiger partial charge in [-0.25, -0.2) is 0 Å². The number of carbonyl (C=O) groups excluding carboxylic acids is 1. The maximum absolute atomic E-state index is 12.9. The van der Waals surface area contributed by atoms with Crippen LogP contribution in [0.15, 0.2) is 63.9 Å². The number of aryl methyl sites for hydroxylation is 2. The van der Waals surface area contributed by atoms with Crippen LogP contribution in [0.25, 0.3) is 17.4 Å². The van der Waals surface area contributed by atoms with Crippen LogP contribution < -0.4 is 4.90 Å². The van der Waals surface area contributed by atoms with Crippen LogP contribution in [-0.2, 0) is 4.79 Å². The molecule has 1 saturated heterocycles. The summed E-state index contributed by atoms with van der Waals surface area (Å²) in [5.41, 5.74) is 2.97. The summed E-state index contributed by atoms with van der Waals surface area (Å²) in [7, 11) is 0. The van der Waals surface area contributed by atoms with Gasteiger partial charge in [0.2, 0.25) is 0 Å². The Morgan fingerprint density at radius 1 is 1.13 bits per heavy atom. The maximum atomic E-state index is 12.9. The molecular formula is C22H16N2O4S2. The number of nitrogens with zero attached hydrogens (tertiary/aromatic N) is 2. The minimum absolute atomic E-state index is 0.0319. The van der Waals surface area contributed by atoms with Gasteiger partial charge in [0, 0.05) is 23.3 Å². The molecule has 8 heteroatoms. The smallest absolute Gasteiger partial charge is 0.273 e. The monoisotopic (exact) mass is 436 g/mol. The lowest BCUT2D eigenvalue weighted by Gasteiger charge is -2.14. The number of thioether (sulfide) groups is 1. The van der Waals surface area contributed by atoms with Gasteiger partial charge in [0.1, 0.15) is 11.5 Å². The first kappa shape index (κ1) is 20.1. The number of furan rings is 1. The molecule has 0 N–H and O–H groups in total. The first-order chi connectivity index (χ1) is 14.3. The molecule has 0 atom stereocenters. The van der Waals surface area contributed by atoms with Crippen molar-refractivity contribution < 1.29 is 14.1 Å². The Hall–Kier alpha value is -3.23. The third kappa shape index (κ3) is 3.79. The van der Waals surface area contributed by atoms with Crippen molar-refractivity contribution in [1.29, 1.82) is 0 Å². The normalized spacial score (nSPS) is 15.3. The van der Waals surface area contributed by atoms with Gasteiger partial charge in [0.05, 0.1) is 15.5 Å². The standard InChI is InChI=1S/C22H16N2O4S2/c1-13-4-3-5-16(10-13)23-21(25)20(30-22(23)29)12-17-8-9-19(28-17)15-7-6-14(2)18(11-15)24(26)27/h3-12H,1-2H3/b20-12-. The zero-order chi connectivity index (χ0) is 21.4. The lowest BCUT2D eigenvalue weighted by Crippen LogP contribution is -2.27. The van der Waals surface area contributed by atoms with Gasteiger partial charge in [0.25, 0.3) is 11.6 Å². The fourth-order valence-corrected chi connectivity index (χ4v) is 4.41. The molecular weight excluding hydrogens is 420 g/mol. The molecule has 150 valence electrons. The zero-order valence-corrected chi connectivity index (χ0v) is 17.8. The molecule has 1 aliphatic rings. The van der Waals surface area contributed by atoms with Crippen LogP contribution in [0.1, 0.15) is 16.9 Å². The number of thiocarbonyl (C=S) groups is 1. The Morgan fingerprint density at radius 2 is 1.93 bits per heavy atom. The molecule has 1 aromatic heterocycles. The summed E-state index contributed by atoms with van der Waals surface area (Å²) >= 11 is 6.61. The molecule has 2 heterocycles. The quantitative estimate of drug-likeness (QED) is 0.220. The van der Waals surface area contributed by atoms with E-state index in [-0.39, 0.29) is 11.6 Å². The number of carbonyl (C=O) groups is 1. The summed E-state index contributed by atoms with van der Waals surface area (Å²) in [5.74, 6) is 0.746. The van der Waals surface area contributed by atoms with E-state index in [0.29, 0.717) is 31.9 Å². The number of amides is 1. The van der Waals surface area contributed by atoms with E-state index in [9.17, 15) is 14.9 Å². The fourth-order valence-electron chi connectivity index (χ4n) is 3.13. The largest absolute Gasteiger partial charge is 0.457 e. The van der Waals surface area contributed by atoms with E-state index in [2.05, 4.69) is 0 Å². The van der Waals surface area contributed by atoms with E-state index < -0.39 is 4.92 Å². The summed E-state index contributed by atoms with van der Waals surface area (Å²) in [6.07, 6.45) is 1.64. The lowest BCUT2D eigenvalue weighted by atomic mass is 10.1. The molecule has 1 amide bonds. The molecule has 0 unspecified atom stereocenters. The van der Waals surface area contributed by atoms with Crippen LogP contribution in [0.2, 0.25) is 0 Å². The van der Waals surface area contributed by atoms with E-state index >= 15 is 0 Å². The van der Waals surface area contributed by atoms with Crippen LogP contribution in [-0.4, -0.2) is 15.2 Å². The SMILES string of the molecule is Cc1cccc(N2C(=O)/C(=C/c3ccc(-c4ccc(C)c([N+](=O)[O-])c4)o3)SC2=S)c1. The highest BCUT2D eigenvalue weighted by Crippen LogP contribution is 2.37. The Bertz CT molecular complexity index is 1230. The number of hydrogen-bond donors (Lipinski definition) is 0. The van der Waals surface area contributed by atoms with Gasteiger partial charge in [-0.05, 0) is 43.7 Å². The van der Waals surface area contributed by atoms with E-state index in [0.717, 1.165) is 11.3 Å². The van der Waals surface area contributed by atoms with Gasteiger partial charge >= 0.3 is 0 Å². The molecule has 2 aromatic carbocycles. The van der Waals surface area contributed by atoms with Crippen molar-refractivity contribution in [2.45, 2.75) is 13.8 Å². The van der Waals surface area contributed by atoms with Gasteiger partial charge in [-0.1, -0.05) is 48.2 Å². The zero-order valence-electron chi connectivity index (χ0n) is 16.1. The van der Waals surface area contributed by atoms with Crippen molar-refractivity contribution >= 4 is 51.7 Å².